The van der Waals surface area contributed by atoms with Gasteiger partial charge in [0.05, 0.1) is 5.41 Å². The maximum Gasteiger partial charge on any atom is 0.0714 e. The lowest BCUT2D eigenvalue weighted by molar-refractivity contribution is 0.768. The van der Waals surface area contributed by atoms with E-state index >= 15 is 0 Å². The summed E-state index contributed by atoms with van der Waals surface area (Å²) in [7, 11) is 0. The van der Waals surface area contributed by atoms with Crippen molar-refractivity contribution in [1.82, 2.24) is 0 Å². The molecule has 0 N–H and O–H groups in total. The summed E-state index contributed by atoms with van der Waals surface area (Å²) in [6, 6.07) is 73.5. The zero-order valence-corrected chi connectivity index (χ0v) is 28.7. The van der Waals surface area contributed by atoms with Gasteiger partial charge < -0.3 is 4.90 Å². The highest BCUT2D eigenvalue weighted by Gasteiger charge is 2.46. The summed E-state index contributed by atoms with van der Waals surface area (Å²) in [6.45, 7) is 0. The van der Waals surface area contributed by atoms with E-state index in [2.05, 4.69) is 205 Å². The van der Waals surface area contributed by atoms with Crippen LogP contribution < -0.4 is 4.90 Å². The fraction of sp³-hybridized carbons (Fsp3) is 0.0204. The third-order valence-electron chi connectivity index (χ3n) is 10.6. The minimum atomic E-state index is -0.470. The molecule has 1 aliphatic rings. The third kappa shape index (κ3) is 4.68. The van der Waals surface area contributed by atoms with Gasteiger partial charge in [-0.15, -0.1) is 11.3 Å². The average molecular weight is 668 g/mol. The molecule has 1 aliphatic carbocycles. The van der Waals surface area contributed by atoms with Gasteiger partial charge >= 0.3 is 0 Å². The van der Waals surface area contributed by atoms with Crippen LogP contribution in [-0.2, 0) is 5.41 Å². The molecular formula is C49H33NS. The van der Waals surface area contributed by atoms with E-state index in [9.17, 15) is 0 Å². The van der Waals surface area contributed by atoms with Crippen molar-refractivity contribution in [2.75, 3.05) is 4.90 Å². The van der Waals surface area contributed by atoms with Gasteiger partial charge in [0.25, 0.3) is 0 Å². The summed E-state index contributed by atoms with van der Waals surface area (Å²) in [5.74, 6) is 0. The molecule has 0 bridgehead atoms. The second-order valence-corrected chi connectivity index (χ2v) is 14.4. The molecule has 0 saturated heterocycles. The number of hydrogen-bond acceptors (Lipinski definition) is 2. The van der Waals surface area contributed by atoms with Crippen LogP contribution in [0.5, 0.6) is 0 Å². The maximum atomic E-state index is 2.45. The Morgan fingerprint density at radius 1 is 0.353 bits per heavy atom. The Hall–Kier alpha value is -6.22. The van der Waals surface area contributed by atoms with Crippen LogP contribution in [-0.4, -0.2) is 0 Å². The molecule has 9 aromatic rings. The molecule has 0 unspecified atom stereocenters. The molecule has 8 aromatic carbocycles. The molecule has 0 radical (unpaired) electrons. The fourth-order valence-corrected chi connectivity index (χ4v) is 9.45. The Balaban J connectivity index is 1.22. The van der Waals surface area contributed by atoms with Crippen LogP contribution in [0.3, 0.4) is 0 Å². The minimum absolute atomic E-state index is 0.470. The van der Waals surface area contributed by atoms with Crippen molar-refractivity contribution >= 4 is 48.6 Å². The SMILES string of the molecule is c1ccc(-c2ccc(N(c3ccc4c(c3)C(c3ccccc3)(c3ccccc3)c3ccccc3-4)c3ccc4c(c3)sc3ccccc34)cc2)cc1. The van der Waals surface area contributed by atoms with Crippen molar-refractivity contribution in [1.29, 1.82) is 0 Å². The summed E-state index contributed by atoms with van der Waals surface area (Å²) in [6.07, 6.45) is 0. The van der Waals surface area contributed by atoms with Gasteiger partial charge in [-0.05, 0) is 87.0 Å². The molecule has 51 heavy (non-hydrogen) atoms. The lowest BCUT2D eigenvalue weighted by Gasteiger charge is -2.35. The van der Waals surface area contributed by atoms with Gasteiger partial charge in [-0.3, -0.25) is 0 Å². The summed E-state index contributed by atoms with van der Waals surface area (Å²) in [5.41, 5.74) is 13.1. The first kappa shape index (κ1) is 29.7. The number of anilines is 3. The molecule has 0 spiro atoms. The van der Waals surface area contributed by atoms with Gasteiger partial charge in [-0.25, -0.2) is 0 Å². The lowest BCUT2D eigenvalue weighted by Crippen LogP contribution is -2.28. The van der Waals surface area contributed by atoms with E-state index in [0.717, 1.165) is 17.1 Å². The van der Waals surface area contributed by atoms with Crippen LogP contribution >= 0.6 is 11.3 Å². The van der Waals surface area contributed by atoms with Crippen LogP contribution in [0.1, 0.15) is 22.3 Å². The van der Waals surface area contributed by atoms with Gasteiger partial charge in [-0.1, -0.05) is 158 Å². The van der Waals surface area contributed by atoms with Gasteiger partial charge in [0, 0.05) is 37.2 Å². The normalized spacial score (nSPS) is 12.9. The van der Waals surface area contributed by atoms with Crippen molar-refractivity contribution in [3.63, 3.8) is 0 Å². The Morgan fingerprint density at radius 2 is 0.882 bits per heavy atom. The van der Waals surface area contributed by atoms with E-state index < -0.39 is 5.41 Å². The van der Waals surface area contributed by atoms with Crippen LogP contribution in [0, 0.1) is 0 Å². The molecular weight excluding hydrogens is 635 g/mol. The first-order chi connectivity index (χ1) is 25.3. The standard InChI is InChI=1S/C49H33NS/c1-4-14-34(15-5-1)35-24-26-38(27-25-35)50(40-29-31-44-43-21-11-13-23-47(43)51-48(44)33-40)39-28-30-42-41-20-10-12-22-45(41)49(46(42)32-39,36-16-6-2-7-17-36)37-18-8-3-9-19-37/h1-33H. The Bertz CT molecular complexity index is 2640. The zero-order valence-electron chi connectivity index (χ0n) is 27.9. The van der Waals surface area contributed by atoms with Crippen molar-refractivity contribution in [2.45, 2.75) is 5.41 Å². The quantitative estimate of drug-likeness (QED) is 0.171. The van der Waals surface area contributed by atoms with Gasteiger partial charge in [0.15, 0.2) is 0 Å². The third-order valence-corrected chi connectivity index (χ3v) is 11.7. The summed E-state index contributed by atoms with van der Waals surface area (Å²) in [5, 5.41) is 2.61. The molecule has 1 aromatic heterocycles. The molecule has 2 heteroatoms. The van der Waals surface area contributed by atoms with Crippen molar-refractivity contribution in [3.05, 3.63) is 222 Å². The molecule has 1 heterocycles. The van der Waals surface area contributed by atoms with E-state index in [4.69, 9.17) is 0 Å². The number of thiophene rings is 1. The first-order valence-corrected chi connectivity index (χ1v) is 18.3. The number of nitrogens with zero attached hydrogens (tertiary/aromatic N) is 1. The van der Waals surface area contributed by atoms with Gasteiger partial charge in [0.2, 0.25) is 0 Å². The number of rotatable bonds is 6. The average Bonchev–Trinajstić information content (AvgIpc) is 3.72. The molecule has 0 fully saturated rings. The molecule has 240 valence electrons. The Labute approximate surface area is 302 Å². The van der Waals surface area contributed by atoms with Crippen LogP contribution in [0.4, 0.5) is 17.1 Å². The largest absolute Gasteiger partial charge is 0.310 e. The van der Waals surface area contributed by atoms with Crippen LogP contribution in [0.15, 0.2) is 200 Å². The van der Waals surface area contributed by atoms with E-state index in [1.807, 2.05) is 11.3 Å². The molecule has 10 rings (SSSR count). The Morgan fingerprint density at radius 3 is 1.63 bits per heavy atom. The smallest absolute Gasteiger partial charge is 0.0714 e. The van der Waals surface area contributed by atoms with E-state index in [-0.39, 0.29) is 0 Å². The Kier molecular flexibility index (Phi) is 6.97. The fourth-order valence-electron chi connectivity index (χ4n) is 8.31. The highest BCUT2D eigenvalue weighted by atomic mass is 32.1. The predicted octanol–water partition coefficient (Wildman–Crippen LogP) is 13.6. The highest BCUT2D eigenvalue weighted by molar-refractivity contribution is 7.25. The zero-order chi connectivity index (χ0) is 33.8. The van der Waals surface area contributed by atoms with Crippen molar-refractivity contribution in [3.8, 4) is 22.3 Å². The lowest BCUT2D eigenvalue weighted by atomic mass is 9.67. The highest BCUT2D eigenvalue weighted by Crippen LogP contribution is 2.57. The van der Waals surface area contributed by atoms with E-state index in [1.54, 1.807) is 0 Å². The van der Waals surface area contributed by atoms with Crippen molar-refractivity contribution in [2.24, 2.45) is 0 Å². The van der Waals surface area contributed by atoms with Gasteiger partial charge in [-0.2, -0.15) is 0 Å². The summed E-state index contributed by atoms with van der Waals surface area (Å²) >= 11 is 1.86. The predicted molar refractivity (Wildman–Crippen MR) is 217 cm³/mol. The number of benzene rings is 8. The molecule has 0 amide bonds. The summed E-state index contributed by atoms with van der Waals surface area (Å²) in [4.78, 5) is 2.43. The van der Waals surface area contributed by atoms with Crippen LogP contribution in [0.2, 0.25) is 0 Å². The monoisotopic (exact) mass is 667 g/mol. The van der Waals surface area contributed by atoms with Crippen molar-refractivity contribution < 1.29 is 0 Å². The molecule has 1 nitrogen and oxygen atoms in total. The van der Waals surface area contributed by atoms with E-state index in [0.29, 0.717) is 0 Å². The molecule has 0 atom stereocenters. The van der Waals surface area contributed by atoms with Gasteiger partial charge in [0.1, 0.15) is 0 Å². The van der Waals surface area contributed by atoms with Crippen LogP contribution in [0.25, 0.3) is 42.4 Å². The summed E-state index contributed by atoms with van der Waals surface area (Å²) < 4.78 is 2.60. The topological polar surface area (TPSA) is 3.24 Å². The number of hydrogen-bond donors (Lipinski definition) is 0. The number of fused-ring (bicyclic) bond motifs is 6. The maximum absolute atomic E-state index is 2.45. The molecule has 0 saturated carbocycles. The second-order valence-electron chi connectivity index (χ2n) is 13.3. The minimum Gasteiger partial charge on any atom is -0.310 e. The molecule has 0 aliphatic heterocycles. The second kappa shape index (κ2) is 12.0. The first-order valence-electron chi connectivity index (χ1n) is 17.5. The van der Waals surface area contributed by atoms with E-state index in [1.165, 1.54) is 64.7 Å².